The number of benzene rings is 1. The fourth-order valence-corrected chi connectivity index (χ4v) is 4.84. The number of piperazine rings is 1. The Morgan fingerprint density at radius 1 is 1.11 bits per heavy atom. The van der Waals surface area contributed by atoms with Crippen LogP contribution in [-0.4, -0.2) is 56.7 Å². The molecule has 1 aliphatic heterocycles. The van der Waals surface area contributed by atoms with Gasteiger partial charge in [0.1, 0.15) is 5.69 Å². The van der Waals surface area contributed by atoms with Crippen molar-refractivity contribution in [1.29, 1.82) is 0 Å². The zero-order chi connectivity index (χ0) is 20.3. The molecule has 1 aromatic rings. The molecule has 0 aromatic heterocycles. The van der Waals surface area contributed by atoms with Gasteiger partial charge in [0, 0.05) is 38.8 Å². The van der Waals surface area contributed by atoms with Crippen LogP contribution in [0.25, 0.3) is 0 Å². The number of alkyl halides is 2. The Morgan fingerprint density at radius 3 is 2.32 bits per heavy atom. The van der Waals surface area contributed by atoms with Gasteiger partial charge >= 0.3 is 5.76 Å². The monoisotopic (exact) mass is 417 g/mol. The normalized spacial score (nSPS) is 19.9. The number of hydrogen-bond acceptors (Lipinski definition) is 6. The SMILES string of the molecule is O=[N+]([O-])c1cc(S(=O)(=O)C(F)F)ccc1N1CCN(CC2CCCCC2)CC1. The van der Waals surface area contributed by atoms with Crippen molar-refractivity contribution >= 4 is 21.2 Å². The summed E-state index contributed by atoms with van der Waals surface area (Å²) in [5, 5.41) is 11.4. The average molecular weight is 417 g/mol. The van der Waals surface area contributed by atoms with Crippen molar-refractivity contribution in [3.8, 4) is 0 Å². The molecule has 1 heterocycles. The summed E-state index contributed by atoms with van der Waals surface area (Å²) in [6.07, 6.45) is 6.39. The molecule has 0 bridgehead atoms. The van der Waals surface area contributed by atoms with Gasteiger partial charge in [0.05, 0.1) is 9.82 Å². The average Bonchev–Trinajstić information content (AvgIpc) is 2.68. The second-order valence-electron chi connectivity index (χ2n) is 7.50. The molecule has 0 unspecified atom stereocenters. The van der Waals surface area contributed by atoms with Crippen molar-refractivity contribution in [3.05, 3.63) is 28.3 Å². The fraction of sp³-hybridized carbons (Fsp3) is 0.667. The van der Waals surface area contributed by atoms with E-state index in [1.54, 1.807) is 0 Å². The molecule has 28 heavy (non-hydrogen) atoms. The third-order valence-corrected chi connectivity index (χ3v) is 7.04. The van der Waals surface area contributed by atoms with Crippen LogP contribution in [0.1, 0.15) is 32.1 Å². The van der Waals surface area contributed by atoms with Crippen molar-refractivity contribution in [2.24, 2.45) is 5.92 Å². The maximum atomic E-state index is 12.7. The summed E-state index contributed by atoms with van der Waals surface area (Å²) >= 11 is 0. The molecule has 0 amide bonds. The first-order valence-corrected chi connectivity index (χ1v) is 11.1. The number of hydrogen-bond donors (Lipinski definition) is 0. The minimum Gasteiger partial charge on any atom is -0.363 e. The third-order valence-electron chi connectivity index (χ3n) is 5.66. The molecule has 10 heteroatoms. The number of nitro benzene ring substituents is 1. The van der Waals surface area contributed by atoms with Gasteiger partial charge in [-0.05, 0) is 30.9 Å². The van der Waals surface area contributed by atoms with E-state index in [2.05, 4.69) is 4.90 Å². The first-order valence-electron chi connectivity index (χ1n) is 9.57. The van der Waals surface area contributed by atoms with Gasteiger partial charge in [-0.1, -0.05) is 19.3 Å². The first-order chi connectivity index (χ1) is 13.3. The summed E-state index contributed by atoms with van der Waals surface area (Å²) in [5.74, 6) is -2.89. The van der Waals surface area contributed by atoms with Crippen LogP contribution in [0.2, 0.25) is 0 Å². The Kier molecular flexibility index (Phi) is 6.49. The van der Waals surface area contributed by atoms with Crippen LogP contribution in [0.4, 0.5) is 20.2 Å². The lowest BCUT2D eigenvalue weighted by molar-refractivity contribution is -0.384. The Labute approximate surface area is 163 Å². The zero-order valence-corrected chi connectivity index (χ0v) is 16.4. The van der Waals surface area contributed by atoms with Gasteiger partial charge in [-0.2, -0.15) is 8.78 Å². The van der Waals surface area contributed by atoms with Crippen LogP contribution >= 0.6 is 0 Å². The van der Waals surface area contributed by atoms with E-state index in [4.69, 9.17) is 0 Å². The number of rotatable bonds is 6. The summed E-state index contributed by atoms with van der Waals surface area (Å²) in [6.45, 7) is 3.74. The molecule has 1 saturated carbocycles. The molecule has 156 valence electrons. The Bertz CT molecular complexity index is 805. The van der Waals surface area contributed by atoms with Crippen LogP contribution in [0, 0.1) is 16.0 Å². The van der Waals surface area contributed by atoms with E-state index in [1.807, 2.05) is 4.90 Å². The minimum absolute atomic E-state index is 0.274. The molecule has 0 spiro atoms. The minimum atomic E-state index is -4.87. The highest BCUT2D eigenvalue weighted by Crippen LogP contribution is 2.33. The Balaban J connectivity index is 1.71. The van der Waals surface area contributed by atoms with Gasteiger partial charge in [0.2, 0.25) is 9.84 Å². The van der Waals surface area contributed by atoms with Crippen molar-refractivity contribution < 1.29 is 22.1 Å². The third kappa shape index (κ3) is 4.60. The molecule has 1 aromatic carbocycles. The molecule has 7 nitrogen and oxygen atoms in total. The van der Waals surface area contributed by atoms with Crippen molar-refractivity contribution in [1.82, 2.24) is 4.90 Å². The lowest BCUT2D eigenvalue weighted by Gasteiger charge is -2.38. The highest BCUT2D eigenvalue weighted by Gasteiger charge is 2.31. The molecule has 2 aliphatic rings. The first kappa shape index (κ1) is 20.9. The smallest absolute Gasteiger partial charge is 0.341 e. The molecule has 0 atom stereocenters. The van der Waals surface area contributed by atoms with E-state index in [-0.39, 0.29) is 5.69 Å². The summed E-state index contributed by atoms with van der Waals surface area (Å²) in [6, 6.07) is 3.04. The molecular weight excluding hydrogens is 392 g/mol. The lowest BCUT2D eigenvalue weighted by atomic mass is 9.89. The van der Waals surface area contributed by atoms with E-state index in [1.165, 1.54) is 38.2 Å². The topological polar surface area (TPSA) is 83.8 Å². The van der Waals surface area contributed by atoms with E-state index in [0.29, 0.717) is 19.0 Å². The van der Waals surface area contributed by atoms with E-state index < -0.39 is 31.1 Å². The highest BCUT2D eigenvalue weighted by atomic mass is 32.2. The molecule has 1 saturated heterocycles. The number of sulfone groups is 1. The lowest BCUT2D eigenvalue weighted by Crippen LogP contribution is -2.48. The second-order valence-corrected chi connectivity index (χ2v) is 9.42. The summed E-state index contributed by atoms with van der Waals surface area (Å²) in [7, 11) is -4.87. The van der Waals surface area contributed by atoms with Gasteiger partial charge in [0.15, 0.2) is 0 Å². The molecule has 3 rings (SSSR count). The summed E-state index contributed by atoms with van der Waals surface area (Å²) in [5.41, 5.74) is -0.182. The standard InChI is InChI=1S/C18H25F2N3O4S/c19-18(20)28(26,27)15-6-7-16(17(12-15)23(24)25)22-10-8-21(9-11-22)13-14-4-2-1-3-5-14/h6-7,12,14,18H,1-5,8-11,13H2. The summed E-state index contributed by atoms with van der Waals surface area (Å²) < 4.78 is 48.8. The zero-order valence-electron chi connectivity index (χ0n) is 15.6. The van der Waals surface area contributed by atoms with Gasteiger partial charge in [-0.25, -0.2) is 8.42 Å². The molecule has 2 fully saturated rings. The molecule has 0 N–H and O–H groups in total. The Hall–Kier alpha value is -1.81. The molecular formula is C18H25F2N3O4S. The van der Waals surface area contributed by atoms with Gasteiger partial charge < -0.3 is 4.90 Å². The van der Waals surface area contributed by atoms with Crippen LogP contribution in [0.3, 0.4) is 0 Å². The number of halogens is 2. The van der Waals surface area contributed by atoms with E-state index in [9.17, 15) is 27.3 Å². The summed E-state index contributed by atoms with van der Waals surface area (Å²) in [4.78, 5) is 14.2. The van der Waals surface area contributed by atoms with Crippen LogP contribution in [0.15, 0.2) is 23.1 Å². The van der Waals surface area contributed by atoms with Crippen LogP contribution < -0.4 is 4.90 Å². The van der Waals surface area contributed by atoms with Crippen LogP contribution in [0.5, 0.6) is 0 Å². The van der Waals surface area contributed by atoms with Crippen molar-refractivity contribution in [2.75, 3.05) is 37.6 Å². The van der Waals surface area contributed by atoms with E-state index in [0.717, 1.165) is 31.8 Å². The Morgan fingerprint density at radius 2 is 1.75 bits per heavy atom. The predicted octanol–water partition coefficient (Wildman–Crippen LogP) is 3.29. The predicted molar refractivity (Wildman–Crippen MR) is 102 cm³/mol. The fourth-order valence-electron chi connectivity index (χ4n) is 4.10. The molecule has 0 radical (unpaired) electrons. The van der Waals surface area contributed by atoms with Gasteiger partial charge in [-0.3, -0.25) is 15.0 Å². The maximum absolute atomic E-state index is 12.7. The second kappa shape index (κ2) is 8.69. The van der Waals surface area contributed by atoms with Crippen LogP contribution in [-0.2, 0) is 9.84 Å². The van der Waals surface area contributed by atoms with Gasteiger partial charge in [-0.15, -0.1) is 0 Å². The molecule has 1 aliphatic carbocycles. The number of anilines is 1. The van der Waals surface area contributed by atoms with E-state index >= 15 is 0 Å². The number of nitrogens with zero attached hydrogens (tertiary/aromatic N) is 3. The maximum Gasteiger partial charge on any atom is 0.341 e. The quantitative estimate of drug-likeness (QED) is 0.522. The van der Waals surface area contributed by atoms with Crippen molar-refractivity contribution in [3.63, 3.8) is 0 Å². The highest BCUT2D eigenvalue weighted by molar-refractivity contribution is 7.91. The number of nitro groups is 1. The largest absolute Gasteiger partial charge is 0.363 e. The van der Waals surface area contributed by atoms with Crippen molar-refractivity contribution in [2.45, 2.75) is 42.8 Å². The van der Waals surface area contributed by atoms with Gasteiger partial charge in [0.25, 0.3) is 5.69 Å².